The molecule has 0 aromatic carbocycles. The normalized spacial score (nSPS) is 14.2. The van der Waals surface area contributed by atoms with Crippen molar-refractivity contribution >= 4 is 19.5 Å². The summed E-state index contributed by atoms with van der Waals surface area (Å²) < 4.78 is 1.12. The average Bonchev–Trinajstić information content (AvgIpc) is 2.62. The quantitative estimate of drug-likeness (QED) is 0.228. The smallest absolute Gasteiger partial charge is 0.182 e. The molecule has 0 saturated carbocycles. The van der Waals surface area contributed by atoms with E-state index in [1.54, 1.807) is 0 Å². The maximum atomic E-state index is 12.8. The standard InChI is InChI=1S/C22H33NOSi/c1-16-17-13-11-10-12-14-18(17)19(15-23(24)21(2,3)4)20(16)25(8,9)22(5,6)7/h10-15H,1-9H3/b23-15-. The van der Waals surface area contributed by atoms with E-state index in [4.69, 9.17) is 0 Å². The third kappa shape index (κ3) is 3.52. The number of nitrogens with zero attached hydrogens (tertiary/aromatic N) is 1. The molecule has 0 fully saturated rings. The molecule has 0 aliphatic heterocycles. The van der Waals surface area contributed by atoms with Crippen LogP contribution < -0.4 is 5.19 Å². The van der Waals surface area contributed by atoms with Gasteiger partial charge < -0.3 is 5.21 Å². The van der Waals surface area contributed by atoms with Gasteiger partial charge in [-0.05, 0) is 33.8 Å². The molecule has 136 valence electrons. The second-order valence-electron chi connectivity index (χ2n) is 9.65. The zero-order valence-corrected chi connectivity index (χ0v) is 18.3. The van der Waals surface area contributed by atoms with Crippen LogP contribution in [0.3, 0.4) is 0 Å². The van der Waals surface area contributed by atoms with Crippen LogP contribution in [0, 0.1) is 12.1 Å². The lowest BCUT2D eigenvalue weighted by atomic mass is 10.1. The van der Waals surface area contributed by atoms with Crippen LogP contribution in [0.5, 0.6) is 0 Å². The second-order valence-corrected chi connectivity index (χ2v) is 14.9. The van der Waals surface area contributed by atoms with Crippen molar-refractivity contribution in [2.24, 2.45) is 0 Å². The highest BCUT2D eigenvalue weighted by atomic mass is 28.3. The van der Waals surface area contributed by atoms with Crippen LogP contribution in [0.4, 0.5) is 0 Å². The monoisotopic (exact) mass is 355 g/mol. The predicted octanol–water partition coefficient (Wildman–Crippen LogP) is 5.54. The minimum absolute atomic E-state index is 0.211. The molecule has 0 heterocycles. The van der Waals surface area contributed by atoms with E-state index in [0.717, 1.165) is 10.3 Å². The van der Waals surface area contributed by atoms with Crippen LogP contribution in [-0.4, -0.2) is 24.6 Å². The van der Waals surface area contributed by atoms with Crippen molar-refractivity contribution in [2.75, 3.05) is 0 Å². The second kappa shape index (κ2) is 6.28. The maximum absolute atomic E-state index is 12.8. The van der Waals surface area contributed by atoms with Crippen molar-refractivity contribution < 1.29 is 4.74 Å². The molecule has 25 heavy (non-hydrogen) atoms. The molecule has 2 aliphatic rings. The van der Waals surface area contributed by atoms with Crippen LogP contribution in [0.15, 0.2) is 30.3 Å². The summed E-state index contributed by atoms with van der Waals surface area (Å²) in [5.41, 5.74) is 4.47. The summed E-state index contributed by atoms with van der Waals surface area (Å²) >= 11 is 0. The number of hydrogen-bond donors (Lipinski definition) is 0. The third-order valence-electron chi connectivity index (χ3n) is 5.78. The van der Waals surface area contributed by atoms with E-state index in [9.17, 15) is 5.21 Å². The van der Waals surface area contributed by atoms with Crippen molar-refractivity contribution in [3.8, 4) is 11.1 Å². The van der Waals surface area contributed by atoms with Crippen LogP contribution in [-0.2, 0) is 0 Å². The highest BCUT2D eigenvalue weighted by molar-refractivity contribution is 6.93. The van der Waals surface area contributed by atoms with Crippen LogP contribution in [0.1, 0.15) is 52.7 Å². The first kappa shape index (κ1) is 19.7. The summed E-state index contributed by atoms with van der Waals surface area (Å²) in [6.45, 7) is 20.0. The molecule has 2 rings (SSSR count). The molecule has 2 nitrogen and oxygen atoms in total. The van der Waals surface area contributed by atoms with Gasteiger partial charge in [0.2, 0.25) is 0 Å². The molecular formula is C22H33NOSi. The van der Waals surface area contributed by atoms with Gasteiger partial charge in [-0.25, -0.2) is 4.74 Å². The molecule has 0 aromatic heterocycles. The third-order valence-corrected chi connectivity index (χ3v) is 11.4. The van der Waals surface area contributed by atoms with Gasteiger partial charge in [0.15, 0.2) is 11.8 Å². The summed E-state index contributed by atoms with van der Waals surface area (Å²) in [5.74, 6) is 0. The largest absolute Gasteiger partial charge is 0.623 e. The SMILES string of the molecule is Cc1c2cccccc-2c(/C=[N+](\[O-])C(C)(C)C)c1[Si](C)(C)C(C)(C)C. The Balaban J connectivity index is 2.92. The minimum Gasteiger partial charge on any atom is -0.623 e. The van der Waals surface area contributed by atoms with E-state index >= 15 is 0 Å². The molecule has 2 aliphatic carbocycles. The Bertz CT molecular complexity index is 776. The fourth-order valence-corrected chi connectivity index (χ4v) is 5.90. The molecule has 0 aromatic rings. The van der Waals surface area contributed by atoms with E-state index in [1.165, 1.54) is 21.9 Å². The van der Waals surface area contributed by atoms with Crippen molar-refractivity contribution in [3.63, 3.8) is 0 Å². The number of fused-ring (bicyclic) bond motifs is 1. The van der Waals surface area contributed by atoms with E-state index in [1.807, 2.05) is 33.1 Å². The van der Waals surface area contributed by atoms with Crippen molar-refractivity contribution in [3.05, 3.63) is 46.7 Å². The number of hydroxylamine groups is 1. The van der Waals surface area contributed by atoms with Gasteiger partial charge in [-0.1, -0.05) is 64.2 Å². The van der Waals surface area contributed by atoms with E-state index in [-0.39, 0.29) is 5.04 Å². The van der Waals surface area contributed by atoms with Crippen molar-refractivity contribution in [2.45, 2.75) is 72.1 Å². The van der Waals surface area contributed by atoms with Gasteiger partial charge >= 0.3 is 0 Å². The first-order chi connectivity index (χ1) is 11.3. The molecule has 0 bridgehead atoms. The van der Waals surface area contributed by atoms with E-state index < -0.39 is 13.6 Å². The Morgan fingerprint density at radius 3 is 1.92 bits per heavy atom. The molecule has 0 amide bonds. The zero-order valence-electron chi connectivity index (χ0n) is 17.3. The van der Waals surface area contributed by atoms with Crippen LogP contribution >= 0.6 is 0 Å². The Morgan fingerprint density at radius 2 is 1.44 bits per heavy atom. The Labute approximate surface area is 154 Å². The van der Waals surface area contributed by atoms with Crippen LogP contribution in [0.2, 0.25) is 18.1 Å². The Hall–Kier alpha value is -1.61. The first-order valence-corrected chi connectivity index (χ1v) is 12.1. The zero-order chi connectivity index (χ0) is 19.2. The molecule has 0 N–H and O–H groups in total. The van der Waals surface area contributed by atoms with E-state index in [2.05, 4.69) is 65.1 Å². The summed E-state index contributed by atoms with van der Waals surface area (Å²) in [4.78, 5) is 0. The fraction of sp³-hybridized carbons (Fsp3) is 0.500. The topological polar surface area (TPSA) is 26.1 Å². The van der Waals surface area contributed by atoms with Crippen molar-refractivity contribution in [1.29, 1.82) is 0 Å². The molecule has 0 atom stereocenters. The van der Waals surface area contributed by atoms with Gasteiger partial charge in [0, 0.05) is 26.3 Å². The highest BCUT2D eigenvalue weighted by Crippen LogP contribution is 2.40. The van der Waals surface area contributed by atoms with Gasteiger partial charge in [-0.15, -0.1) is 0 Å². The highest BCUT2D eigenvalue weighted by Gasteiger charge is 2.42. The summed E-state index contributed by atoms with van der Waals surface area (Å²) in [7, 11) is -1.80. The number of hydrogen-bond acceptors (Lipinski definition) is 1. The van der Waals surface area contributed by atoms with Gasteiger partial charge in [0.25, 0.3) is 0 Å². The average molecular weight is 356 g/mol. The van der Waals surface area contributed by atoms with Gasteiger partial charge in [0.05, 0.1) is 8.07 Å². The Kier molecular flexibility index (Phi) is 4.95. The molecule has 0 unspecified atom stereocenters. The first-order valence-electron chi connectivity index (χ1n) is 9.11. The van der Waals surface area contributed by atoms with Gasteiger partial charge in [-0.2, -0.15) is 0 Å². The molecule has 0 radical (unpaired) electrons. The Morgan fingerprint density at radius 1 is 0.920 bits per heavy atom. The van der Waals surface area contributed by atoms with E-state index in [0.29, 0.717) is 0 Å². The lowest BCUT2D eigenvalue weighted by Crippen LogP contribution is -2.51. The lowest BCUT2D eigenvalue weighted by molar-refractivity contribution is -0.530. The summed E-state index contributed by atoms with van der Waals surface area (Å²) in [5, 5.41) is 14.4. The molecule has 3 heteroatoms. The summed E-state index contributed by atoms with van der Waals surface area (Å²) in [6, 6.07) is 10.5. The lowest BCUT2D eigenvalue weighted by Gasteiger charge is -2.38. The van der Waals surface area contributed by atoms with Crippen molar-refractivity contribution in [1.82, 2.24) is 0 Å². The molecule has 0 saturated heterocycles. The maximum Gasteiger partial charge on any atom is 0.182 e. The fourth-order valence-electron chi connectivity index (χ4n) is 3.21. The molecule has 0 spiro atoms. The number of rotatable bonds is 2. The summed E-state index contributed by atoms with van der Waals surface area (Å²) in [6.07, 6.45) is 1.84. The van der Waals surface area contributed by atoms with Gasteiger partial charge in [0.1, 0.15) is 0 Å². The minimum atomic E-state index is -1.80. The predicted molar refractivity (Wildman–Crippen MR) is 113 cm³/mol. The molecular weight excluding hydrogens is 322 g/mol. The van der Waals surface area contributed by atoms with Crippen LogP contribution in [0.25, 0.3) is 11.1 Å². The van der Waals surface area contributed by atoms with Gasteiger partial charge in [-0.3, -0.25) is 0 Å².